The zero-order chi connectivity index (χ0) is 8.72. The van der Waals surface area contributed by atoms with Crippen LogP contribution in [0.3, 0.4) is 0 Å². The van der Waals surface area contributed by atoms with Crippen LogP contribution in [-0.4, -0.2) is 0 Å². The van der Waals surface area contributed by atoms with Gasteiger partial charge in [0.25, 0.3) is 0 Å². The summed E-state index contributed by atoms with van der Waals surface area (Å²) in [5, 5.41) is 0. The van der Waals surface area contributed by atoms with E-state index in [9.17, 15) is 0 Å². The average Bonchev–Trinajstić information content (AvgIpc) is 2.55. The Bertz CT molecular complexity index is 290. The zero-order valence-electron chi connectivity index (χ0n) is 7.63. The molecule has 12 heavy (non-hydrogen) atoms. The predicted octanol–water partition coefficient (Wildman–Crippen LogP) is 2.50. The molecular weight excluding hydrogens is 166 g/mol. The van der Waals surface area contributed by atoms with E-state index in [1.807, 2.05) is 11.3 Å². The fraction of sp³-hybridized carbons (Fsp3) is 0.600. The van der Waals surface area contributed by atoms with Crippen molar-refractivity contribution in [3.8, 4) is 0 Å². The van der Waals surface area contributed by atoms with E-state index < -0.39 is 0 Å². The third-order valence-electron chi connectivity index (χ3n) is 2.72. The van der Waals surface area contributed by atoms with Gasteiger partial charge >= 0.3 is 0 Å². The van der Waals surface area contributed by atoms with E-state index in [0.717, 1.165) is 6.42 Å². The van der Waals surface area contributed by atoms with Crippen molar-refractivity contribution in [2.24, 2.45) is 11.7 Å². The Morgan fingerprint density at radius 1 is 1.67 bits per heavy atom. The first-order chi connectivity index (χ1) is 5.72. The molecule has 0 fully saturated rings. The lowest BCUT2D eigenvalue weighted by Gasteiger charge is -2.08. The highest BCUT2D eigenvalue weighted by Crippen LogP contribution is 2.39. The molecule has 0 saturated carbocycles. The van der Waals surface area contributed by atoms with E-state index in [1.165, 1.54) is 21.7 Å². The van der Waals surface area contributed by atoms with Crippen molar-refractivity contribution in [1.82, 2.24) is 0 Å². The van der Waals surface area contributed by atoms with Gasteiger partial charge in [-0.05, 0) is 30.4 Å². The first-order valence-corrected chi connectivity index (χ1v) is 5.41. The van der Waals surface area contributed by atoms with Crippen molar-refractivity contribution >= 4 is 11.3 Å². The minimum Gasteiger partial charge on any atom is -0.324 e. The summed E-state index contributed by atoms with van der Waals surface area (Å²) in [6.07, 6.45) is 2.35. The monoisotopic (exact) mass is 181 g/mol. The van der Waals surface area contributed by atoms with Crippen molar-refractivity contribution in [1.29, 1.82) is 0 Å². The molecule has 0 bridgehead atoms. The average molecular weight is 181 g/mol. The maximum Gasteiger partial charge on any atom is 0.0335 e. The fourth-order valence-electron chi connectivity index (χ4n) is 1.84. The zero-order valence-corrected chi connectivity index (χ0v) is 8.45. The molecule has 0 radical (unpaired) electrons. The Balaban J connectivity index is 2.36. The third kappa shape index (κ3) is 1.10. The van der Waals surface area contributed by atoms with Crippen molar-refractivity contribution in [2.75, 3.05) is 0 Å². The molecule has 1 aromatic rings. The van der Waals surface area contributed by atoms with Crippen LogP contribution in [-0.2, 0) is 12.8 Å². The molecule has 1 aliphatic rings. The molecule has 2 rings (SSSR count). The second-order valence-corrected chi connectivity index (χ2v) is 4.87. The van der Waals surface area contributed by atoms with E-state index in [1.54, 1.807) is 0 Å². The molecule has 1 aromatic heterocycles. The maximum absolute atomic E-state index is 6.06. The van der Waals surface area contributed by atoms with Gasteiger partial charge in [0.2, 0.25) is 0 Å². The Morgan fingerprint density at radius 3 is 3.00 bits per heavy atom. The SMILES string of the molecule is CCc1cc2c(s1)CC(C)C2N. The van der Waals surface area contributed by atoms with Gasteiger partial charge in [0, 0.05) is 15.8 Å². The number of aryl methyl sites for hydroxylation is 1. The summed E-state index contributed by atoms with van der Waals surface area (Å²) in [6.45, 7) is 4.44. The molecule has 0 aliphatic heterocycles. The highest BCUT2D eigenvalue weighted by Gasteiger charge is 2.28. The third-order valence-corrected chi connectivity index (χ3v) is 4.04. The Hall–Kier alpha value is -0.340. The second-order valence-electron chi connectivity index (χ2n) is 3.65. The number of thiophene rings is 1. The molecule has 66 valence electrons. The molecule has 1 nitrogen and oxygen atoms in total. The van der Waals surface area contributed by atoms with Gasteiger partial charge in [-0.25, -0.2) is 0 Å². The smallest absolute Gasteiger partial charge is 0.0335 e. The number of fused-ring (bicyclic) bond motifs is 1. The maximum atomic E-state index is 6.06. The summed E-state index contributed by atoms with van der Waals surface area (Å²) in [7, 11) is 0. The molecular formula is C10H15NS. The Morgan fingerprint density at radius 2 is 2.42 bits per heavy atom. The van der Waals surface area contributed by atoms with E-state index in [4.69, 9.17) is 5.73 Å². The molecule has 2 unspecified atom stereocenters. The number of hydrogen-bond donors (Lipinski definition) is 1. The molecule has 0 amide bonds. The van der Waals surface area contributed by atoms with Crippen molar-refractivity contribution in [2.45, 2.75) is 32.7 Å². The summed E-state index contributed by atoms with van der Waals surface area (Å²) < 4.78 is 0. The van der Waals surface area contributed by atoms with Crippen molar-refractivity contribution < 1.29 is 0 Å². The summed E-state index contributed by atoms with van der Waals surface area (Å²) in [4.78, 5) is 3.02. The standard InChI is InChI=1S/C10H15NS/c1-3-7-5-8-9(12-7)4-6(2)10(8)11/h5-6,10H,3-4,11H2,1-2H3. The van der Waals surface area contributed by atoms with E-state index in [-0.39, 0.29) is 0 Å². The quantitative estimate of drug-likeness (QED) is 0.707. The van der Waals surface area contributed by atoms with Crippen LogP contribution in [0.1, 0.15) is 35.2 Å². The molecule has 2 atom stereocenters. The summed E-state index contributed by atoms with van der Waals surface area (Å²) in [6, 6.07) is 2.60. The van der Waals surface area contributed by atoms with Gasteiger partial charge in [-0.3, -0.25) is 0 Å². The van der Waals surface area contributed by atoms with Crippen LogP contribution in [0.4, 0.5) is 0 Å². The van der Waals surface area contributed by atoms with Crippen molar-refractivity contribution in [3.63, 3.8) is 0 Å². The molecule has 2 N–H and O–H groups in total. The van der Waals surface area contributed by atoms with Crippen LogP contribution in [0.15, 0.2) is 6.07 Å². The first kappa shape index (κ1) is 8.27. The topological polar surface area (TPSA) is 26.0 Å². The van der Waals surface area contributed by atoms with Gasteiger partial charge in [0.15, 0.2) is 0 Å². The van der Waals surface area contributed by atoms with Gasteiger partial charge in [0.05, 0.1) is 0 Å². The van der Waals surface area contributed by atoms with Gasteiger partial charge in [-0.2, -0.15) is 0 Å². The lowest BCUT2D eigenvalue weighted by molar-refractivity contribution is 0.513. The van der Waals surface area contributed by atoms with Gasteiger partial charge in [0.1, 0.15) is 0 Å². The second kappa shape index (κ2) is 2.86. The molecule has 0 saturated heterocycles. The lowest BCUT2D eigenvalue weighted by Crippen LogP contribution is -2.13. The molecule has 1 heterocycles. The highest BCUT2D eigenvalue weighted by atomic mass is 32.1. The van der Waals surface area contributed by atoms with E-state index in [2.05, 4.69) is 19.9 Å². The number of nitrogens with two attached hydrogens (primary N) is 1. The minimum absolute atomic E-state index is 0.302. The molecule has 0 spiro atoms. The Kier molecular flexibility index (Phi) is 1.97. The summed E-state index contributed by atoms with van der Waals surface area (Å²) >= 11 is 1.95. The molecule has 1 aliphatic carbocycles. The molecule has 2 heteroatoms. The summed E-state index contributed by atoms with van der Waals surface area (Å²) in [5.74, 6) is 0.650. The highest BCUT2D eigenvalue weighted by molar-refractivity contribution is 7.12. The van der Waals surface area contributed by atoms with Crippen LogP contribution >= 0.6 is 11.3 Å². The lowest BCUT2D eigenvalue weighted by atomic mass is 10.0. The predicted molar refractivity (Wildman–Crippen MR) is 53.5 cm³/mol. The van der Waals surface area contributed by atoms with Crippen LogP contribution in [0.2, 0.25) is 0 Å². The van der Waals surface area contributed by atoms with Gasteiger partial charge < -0.3 is 5.73 Å². The Labute approximate surface area is 77.6 Å². The van der Waals surface area contributed by atoms with Crippen molar-refractivity contribution in [3.05, 3.63) is 21.4 Å². The van der Waals surface area contributed by atoms with Crippen LogP contribution < -0.4 is 5.73 Å². The summed E-state index contributed by atoms with van der Waals surface area (Å²) in [5.41, 5.74) is 7.49. The first-order valence-electron chi connectivity index (χ1n) is 4.59. The minimum atomic E-state index is 0.302. The largest absolute Gasteiger partial charge is 0.324 e. The van der Waals surface area contributed by atoms with Crippen LogP contribution in [0, 0.1) is 5.92 Å². The van der Waals surface area contributed by atoms with Crippen LogP contribution in [0.25, 0.3) is 0 Å². The number of hydrogen-bond acceptors (Lipinski definition) is 2. The molecule has 0 aromatic carbocycles. The van der Waals surface area contributed by atoms with Gasteiger partial charge in [-0.15, -0.1) is 11.3 Å². The van der Waals surface area contributed by atoms with Crippen LogP contribution in [0.5, 0.6) is 0 Å². The fourth-order valence-corrected chi connectivity index (χ4v) is 3.15. The van der Waals surface area contributed by atoms with Gasteiger partial charge in [-0.1, -0.05) is 13.8 Å². The van der Waals surface area contributed by atoms with E-state index in [0.29, 0.717) is 12.0 Å². The van der Waals surface area contributed by atoms with E-state index >= 15 is 0 Å². The number of rotatable bonds is 1. The normalized spacial score (nSPS) is 27.6.